The molecule has 1 heterocycles. The number of hydrogen-bond acceptors (Lipinski definition) is 5. The largest absolute Gasteiger partial charge is 0.445 e. The van der Waals surface area contributed by atoms with E-state index in [4.69, 9.17) is 16.3 Å². The second kappa shape index (κ2) is 11.1. The highest BCUT2D eigenvalue weighted by molar-refractivity contribution is 9.12. The number of esters is 1. The van der Waals surface area contributed by atoms with Crippen molar-refractivity contribution in [2.75, 3.05) is 4.90 Å². The van der Waals surface area contributed by atoms with E-state index in [1.165, 1.54) is 17.0 Å². The van der Waals surface area contributed by atoms with Gasteiger partial charge in [0.25, 0.3) is 0 Å². The van der Waals surface area contributed by atoms with Gasteiger partial charge in [0.2, 0.25) is 17.6 Å². The number of Topliss-reactive ketones (excluding diaryl/α,β-unsaturated/α-hetero) is 1. The van der Waals surface area contributed by atoms with Gasteiger partial charge < -0.3 is 4.74 Å². The number of rotatable bonds is 6. The summed E-state index contributed by atoms with van der Waals surface area (Å²) in [5.41, 5.74) is 1.47. The van der Waals surface area contributed by atoms with Gasteiger partial charge in [0.15, 0.2) is 6.10 Å². The van der Waals surface area contributed by atoms with Crippen molar-refractivity contribution in [3.05, 3.63) is 101 Å². The fourth-order valence-electron chi connectivity index (χ4n) is 4.94. The molecular formula is C29H22Br2ClNO5. The van der Waals surface area contributed by atoms with Crippen LogP contribution in [-0.2, 0) is 14.3 Å². The molecule has 0 N–H and O–H groups in total. The SMILES string of the molecule is O=C(O[C@H](C(=O)c1ccccc1)c1ccc(Cl)cc1)c1ccc(N2C(=O)[C@H]3C[C@H](Br)[C@@H](Br)C[C@H]3C2=O)cc1. The maximum atomic E-state index is 13.3. The topological polar surface area (TPSA) is 80.8 Å². The molecule has 194 valence electrons. The zero-order chi connectivity index (χ0) is 27.0. The molecule has 2 amide bonds. The highest BCUT2D eigenvalue weighted by Crippen LogP contribution is 2.44. The van der Waals surface area contributed by atoms with Crippen molar-refractivity contribution >= 4 is 72.7 Å². The number of alkyl halides is 2. The summed E-state index contributed by atoms with van der Waals surface area (Å²) < 4.78 is 5.70. The highest BCUT2D eigenvalue weighted by Gasteiger charge is 2.52. The molecule has 3 aromatic carbocycles. The lowest BCUT2D eigenvalue weighted by Gasteiger charge is -2.29. The molecule has 6 nitrogen and oxygen atoms in total. The van der Waals surface area contributed by atoms with Crippen molar-refractivity contribution in [2.45, 2.75) is 28.6 Å². The number of nitrogens with zero attached hydrogens (tertiary/aromatic N) is 1. The number of ketones is 1. The van der Waals surface area contributed by atoms with Crippen molar-refractivity contribution in [1.29, 1.82) is 0 Å². The number of ether oxygens (including phenoxy) is 1. The van der Waals surface area contributed by atoms with Gasteiger partial charge in [-0.05, 0) is 49.2 Å². The first kappa shape index (κ1) is 26.8. The van der Waals surface area contributed by atoms with Crippen molar-refractivity contribution in [1.82, 2.24) is 0 Å². The Labute approximate surface area is 241 Å². The van der Waals surface area contributed by atoms with Crippen molar-refractivity contribution < 1.29 is 23.9 Å². The Hall–Kier alpha value is -2.81. The van der Waals surface area contributed by atoms with E-state index in [1.807, 2.05) is 0 Å². The van der Waals surface area contributed by atoms with Crippen LogP contribution in [-0.4, -0.2) is 33.2 Å². The molecule has 0 unspecified atom stereocenters. The van der Waals surface area contributed by atoms with E-state index in [9.17, 15) is 19.2 Å². The minimum absolute atomic E-state index is 0.116. The summed E-state index contributed by atoms with van der Waals surface area (Å²) >= 11 is 13.2. The zero-order valence-electron chi connectivity index (χ0n) is 19.9. The maximum Gasteiger partial charge on any atom is 0.339 e. The second-order valence-electron chi connectivity index (χ2n) is 9.34. The molecule has 1 aliphatic carbocycles. The summed E-state index contributed by atoms with van der Waals surface area (Å²) in [4.78, 5) is 54.0. The van der Waals surface area contributed by atoms with E-state index in [0.717, 1.165) is 0 Å². The average Bonchev–Trinajstić information content (AvgIpc) is 3.16. The molecule has 1 aliphatic heterocycles. The number of imide groups is 1. The summed E-state index contributed by atoms with van der Waals surface area (Å²) in [7, 11) is 0. The first-order valence-corrected chi connectivity index (χ1v) is 14.3. The van der Waals surface area contributed by atoms with Gasteiger partial charge in [-0.15, -0.1) is 0 Å². The maximum absolute atomic E-state index is 13.3. The third-order valence-electron chi connectivity index (χ3n) is 6.97. The van der Waals surface area contributed by atoms with Crippen LogP contribution in [0.15, 0.2) is 78.9 Å². The first-order valence-electron chi connectivity index (χ1n) is 12.1. The Morgan fingerprint density at radius 2 is 1.34 bits per heavy atom. The predicted octanol–water partition coefficient (Wildman–Crippen LogP) is 6.55. The Morgan fingerprint density at radius 3 is 1.89 bits per heavy atom. The van der Waals surface area contributed by atoms with Crippen LogP contribution in [0.2, 0.25) is 5.02 Å². The smallest absolute Gasteiger partial charge is 0.339 e. The van der Waals surface area contributed by atoms with Gasteiger partial charge in [0, 0.05) is 25.8 Å². The predicted molar refractivity (Wildman–Crippen MR) is 151 cm³/mol. The Balaban J connectivity index is 1.36. The molecule has 2 aliphatic rings. The van der Waals surface area contributed by atoms with Gasteiger partial charge in [-0.25, -0.2) is 4.79 Å². The third-order valence-corrected chi connectivity index (χ3v) is 9.95. The van der Waals surface area contributed by atoms with Crippen LogP contribution in [0.5, 0.6) is 0 Å². The van der Waals surface area contributed by atoms with E-state index in [-0.39, 0.29) is 44.7 Å². The number of carbonyl (C=O) groups excluding carboxylic acids is 4. The lowest BCUT2D eigenvalue weighted by Crippen LogP contribution is -2.34. The quantitative estimate of drug-likeness (QED) is 0.130. The number of amides is 2. The van der Waals surface area contributed by atoms with Crippen molar-refractivity contribution in [2.24, 2.45) is 11.8 Å². The molecular weight excluding hydrogens is 638 g/mol. The summed E-state index contributed by atoms with van der Waals surface area (Å²) in [6.45, 7) is 0. The fraction of sp³-hybridized carbons (Fsp3) is 0.241. The summed E-state index contributed by atoms with van der Waals surface area (Å²) in [5, 5.41) is 0.491. The minimum Gasteiger partial charge on any atom is -0.445 e. The molecule has 3 aromatic rings. The molecule has 5 rings (SSSR count). The van der Waals surface area contributed by atoms with Crippen LogP contribution < -0.4 is 4.90 Å². The van der Waals surface area contributed by atoms with Crippen molar-refractivity contribution in [3.8, 4) is 0 Å². The third kappa shape index (κ3) is 5.22. The van der Waals surface area contributed by atoms with Crippen LogP contribution in [0.4, 0.5) is 5.69 Å². The van der Waals surface area contributed by atoms with Gasteiger partial charge in [-0.2, -0.15) is 0 Å². The van der Waals surface area contributed by atoms with Gasteiger partial charge in [0.05, 0.1) is 23.1 Å². The number of halogens is 3. The molecule has 1 saturated carbocycles. The van der Waals surface area contributed by atoms with Crippen LogP contribution in [0.3, 0.4) is 0 Å². The minimum atomic E-state index is -1.18. The van der Waals surface area contributed by atoms with E-state index in [2.05, 4.69) is 31.9 Å². The summed E-state index contributed by atoms with van der Waals surface area (Å²) in [6, 6.07) is 21.2. The normalized spacial score (nSPS) is 23.6. The van der Waals surface area contributed by atoms with Crippen LogP contribution in [0.25, 0.3) is 0 Å². The highest BCUT2D eigenvalue weighted by atomic mass is 79.9. The molecule has 9 heteroatoms. The van der Waals surface area contributed by atoms with Crippen LogP contribution in [0.1, 0.15) is 45.2 Å². The molecule has 38 heavy (non-hydrogen) atoms. The lowest BCUT2D eigenvalue weighted by molar-refractivity contribution is -0.122. The van der Waals surface area contributed by atoms with E-state index < -0.39 is 12.1 Å². The second-order valence-corrected chi connectivity index (χ2v) is 12.1. The first-order chi connectivity index (χ1) is 18.2. The van der Waals surface area contributed by atoms with Gasteiger partial charge in [-0.3, -0.25) is 19.3 Å². The van der Waals surface area contributed by atoms with E-state index >= 15 is 0 Å². The molecule has 0 aromatic heterocycles. The number of carbonyl (C=O) groups is 4. The molecule has 2 fully saturated rings. The van der Waals surface area contributed by atoms with Gasteiger partial charge in [0.1, 0.15) is 0 Å². The number of benzene rings is 3. The van der Waals surface area contributed by atoms with Gasteiger partial charge in [-0.1, -0.05) is 85.9 Å². The summed E-state index contributed by atoms with van der Waals surface area (Å²) in [6.07, 6.45) is -0.0256. The Morgan fingerprint density at radius 1 is 0.789 bits per heavy atom. The Kier molecular flexibility index (Phi) is 7.84. The molecule has 1 saturated heterocycles. The molecule has 0 radical (unpaired) electrons. The monoisotopic (exact) mass is 657 g/mol. The van der Waals surface area contributed by atoms with E-state index in [1.54, 1.807) is 66.7 Å². The lowest BCUT2D eigenvalue weighted by atomic mass is 9.81. The summed E-state index contributed by atoms with van der Waals surface area (Å²) in [5.74, 6) is -2.27. The fourth-order valence-corrected chi connectivity index (χ4v) is 6.30. The number of hydrogen-bond donors (Lipinski definition) is 0. The van der Waals surface area contributed by atoms with Crippen LogP contribution >= 0.6 is 43.5 Å². The number of anilines is 1. The Bertz CT molecular complexity index is 1350. The zero-order valence-corrected chi connectivity index (χ0v) is 23.9. The van der Waals surface area contributed by atoms with Crippen LogP contribution in [0, 0.1) is 11.8 Å². The number of fused-ring (bicyclic) bond motifs is 1. The average molecular weight is 660 g/mol. The van der Waals surface area contributed by atoms with Crippen molar-refractivity contribution in [3.63, 3.8) is 0 Å². The molecule has 0 bridgehead atoms. The van der Waals surface area contributed by atoms with Gasteiger partial charge >= 0.3 is 5.97 Å². The van der Waals surface area contributed by atoms with E-state index in [0.29, 0.717) is 34.7 Å². The molecule has 0 spiro atoms. The standard InChI is InChI=1S/C29H22Br2ClNO5/c30-23-14-21-22(15-24(23)31)28(36)33(27(21)35)20-12-8-18(9-13-20)29(37)38-26(17-6-10-19(32)11-7-17)25(34)16-4-2-1-3-5-16/h1-13,21-24,26H,14-15H2/t21-,22+,23-,24-,26-/m0/s1. The molecule has 5 atom stereocenters.